The summed E-state index contributed by atoms with van der Waals surface area (Å²) in [6, 6.07) is 2.20. The molecule has 5 heteroatoms. The first-order chi connectivity index (χ1) is 12.6. The molecule has 1 unspecified atom stereocenters. The summed E-state index contributed by atoms with van der Waals surface area (Å²) in [7, 11) is 0. The van der Waals surface area contributed by atoms with E-state index in [-0.39, 0.29) is 5.91 Å². The highest BCUT2D eigenvalue weighted by Crippen LogP contribution is 2.32. The maximum Gasteiger partial charge on any atom is 0.263 e. The summed E-state index contributed by atoms with van der Waals surface area (Å²) in [5.74, 6) is 1.01. The normalized spacial score (nSPS) is 21.6. The standard InChI is InChI=1S/C21H35N3OS/c1-4-8-24(14-13-23-11-9-22(5-2)10-12-23)21(25)20-16-18-15-17(3)6-7-19(18)26-20/h16-17H,4-15H2,1-3H3. The highest BCUT2D eigenvalue weighted by molar-refractivity contribution is 7.14. The summed E-state index contributed by atoms with van der Waals surface area (Å²) in [4.78, 5) is 22.6. The third-order valence-electron chi connectivity index (χ3n) is 5.92. The molecule has 1 aromatic heterocycles. The summed E-state index contributed by atoms with van der Waals surface area (Å²) in [6.07, 6.45) is 4.60. The Bertz CT molecular complexity index is 592. The van der Waals surface area contributed by atoms with E-state index in [4.69, 9.17) is 0 Å². The van der Waals surface area contributed by atoms with Crippen molar-refractivity contribution >= 4 is 17.2 Å². The Hall–Kier alpha value is -0.910. The maximum absolute atomic E-state index is 13.1. The van der Waals surface area contributed by atoms with Gasteiger partial charge in [-0.15, -0.1) is 11.3 Å². The fourth-order valence-corrected chi connectivity index (χ4v) is 5.32. The zero-order valence-electron chi connectivity index (χ0n) is 16.8. The summed E-state index contributed by atoms with van der Waals surface area (Å²) in [5, 5.41) is 0. The average Bonchev–Trinajstić information content (AvgIpc) is 3.08. The number of nitrogens with zero attached hydrogens (tertiary/aromatic N) is 3. The fourth-order valence-electron chi connectivity index (χ4n) is 4.14. The molecule has 1 atom stereocenters. The Morgan fingerprint density at radius 3 is 2.62 bits per heavy atom. The van der Waals surface area contributed by atoms with Crippen LogP contribution < -0.4 is 0 Å². The van der Waals surface area contributed by atoms with Crippen LogP contribution in [0.5, 0.6) is 0 Å². The van der Waals surface area contributed by atoms with Crippen LogP contribution in [0, 0.1) is 5.92 Å². The van der Waals surface area contributed by atoms with Gasteiger partial charge in [-0.05, 0) is 49.8 Å². The molecular weight excluding hydrogens is 342 g/mol. The van der Waals surface area contributed by atoms with Crippen molar-refractivity contribution in [1.29, 1.82) is 0 Å². The number of likely N-dealkylation sites (N-methyl/N-ethyl adjacent to an activating group) is 1. The van der Waals surface area contributed by atoms with Crippen molar-refractivity contribution < 1.29 is 4.79 Å². The number of carbonyl (C=O) groups excluding carboxylic acids is 1. The van der Waals surface area contributed by atoms with Crippen molar-refractivity contribution in [2.45, 2.75) is 46.5 Å². The molecule has 3 rings (SSSR count). The second-order valence-electron chi connectivity index (χ2n) is 7.98. The number of carbonyl (C=O) groups is 1. The van der Waals surface area contributed by atoms with Crippen molar-refractivity contribution in [2.75, 3.05) is 52.4 Å². The molecule has 1 saturated heterocycles. The van der Waals surface area contributed by atoms with E-state index in [0.717, 1.165) is 82.4 Å². The molecule has 146 valence electrons. The molecule has 1 fully saturated rings. The Kier molecular flexibility index (Phi) is 7.12. The minimum absolute atomic E-state index is 0.256. The van der Waals surface area contributed by atoms with Gasteiger partial charge in [0.15, 0.2) is 0 Å². The lowest BCUT2D eigenvalue weighted by Gasteiger charge is -2.35. The summed E-state index contributed by atoms with van der Waals surface area (Å²) < 4.78 is 0. The molecule has 1 aliphatic carbocycles. The van der Waals surface area contributed by atoms with Gasteiger partial charge in [0, 0.05) is 50.7 Å². The van der Waals surface area contributed by atoms with E-state index in [1.165, 1.54) is 16.9 Å². The number of piperazine rings is 1. The van der Waals surface area contributed by atoms with Gasteiger partial charge in [0.1, 0.15) is 0 Å². The highest BCUT2D eigenvalue weighted by atomic mass is 32.1. The van der Waals surface area contributed by atoms with Gasteiger partial charge in [-0.3, -0.25) is 9.69 Å². The van der Waals surface area contributed by atoms with E-state index in [1.807, 2.05) is 0 Å². The van der Waals surface area contributed by atoms with Crippen molar-refractivity contribution in [3.8, 4) is 0 Å². The topological polar surface area (TPSA) is 26.8 Å². The molecule has 4 nitrogen and oxygen atoms in total. The van der Waals surface area contributed by atoms with Crippen LogP contribution in [0.2, 0.25) is 0 Å². The first kappa shape index (κ1) is 19.8. The van der Waals surface area contributed by atoms with Crippen LogP contribution in [-0.2, 0) is 12.8 Å². The van der Waals surface area contributed by atoms with E-state index >= 15 is 0 Å². The molecule has 0 saturated carbocycles. The maximum atomic E-state index is 13.1. The molecule has 0 N–H and O–H groups in total. The SMILES string of the molecule is CCCN(CCN1CCN(CC)CC1)C(=O)c1cc2c(s1)CCC(C)C2. The Labute approximate surface area is 163 Å². The molecule has 26 heavy (non-hydrogen) atoms. The van der Waals surface area contributed by atoms with Gasteiger partial charge in [-0.2, -0.15) is 0 Å². The lowest BCUT2D eigenvalue weighted by molar-refractivity contribution is 0.0713. The predicted molar refractivity (Wildman–Crippen MR) is 110 cm³/mol. The average molecular weight is 378 g/mol. The van der Waals surface area contributed by atoms with Crippen LogP contribution in [0.15, 0.2) is 6.07 Å². The van der Waals surface area contributed by atoms with Gasteiger partial charge in [0.05, 0.1) is 4.88 Å². The third kappa shape index (κ3) is 4.87. The van der Waals surface area contributed by atoms with E-state index in [1.54, 1.807) is 11.3 Å². The fraction of sp³-hybridized carbons (Fsp3) is 0.762. The van der Waals surface area contributed by atoms with Gasteiger partial charge in [0.2, 0.25) is 0 Å². The van der Waals surface area contributed by atoms with Crippen LogP contribution in [0.4, 0.5) is 0 Å². The number of hydrogen-bond donors (Lipinski definition) is 0. The highest BCUT2D eigenvalue weighted by Gasteiger charge is 2.24. The third-order valence-corrected chi connectivity index (χ3v) is 7.14. The van der Waals surface area contributed by atoms with Gasteiger partial charge in [0.25, 0.3) is 5.91 Å². The summed E-state index contributed by atoms with van der Waals surface area (Å²) in [5.41, 5.74) is 1.43. The van der Waals surface area contributed by atoms with Crippen molar-refractivity contribution in [2.24, 2.45) is 5.92 Å². The first-order valence-electron chi connectivity index (χ1n) is 10.5. The van der Waals surface area contributed by atoms with Gasteiger partial charge in [-0.1, -0.05) is 20.8 Å². The van der Waals surface area contributed by atoms with Gasteiger partial charge in [-0.25, -0.2) is 0 Å². The van der Waals surface area contributed by atoms with Crippen molar-refractivity contribution in [3.05, 3.63) is 21.4 Å². The molecule has 0 spiro atoms. The van der Waals surface area contributed by atoms with E-state index in [0.29, 0.717) is 0 Å². The van der Waals surface area contributed by atoms with Gasteiger partial charge >= 0.3 is 0 Å². The molecule has 1 aliphatic heterocycles. The van der Waals surface area contributed by atoms with E-state index in [9.17, 15) is 4.79 Å². The van der Waals surface area contributed by atoms with Gasteiger partial charge < -0.3 is 9.80 Å². The number of aryl methyl sites for hydroxylation is 1. The second-order valence-corrected chi connectivity index (χ2v) is 9.11. The number of fused-ring (bicyclic) bond motifs is 1. The molecule has 2 aliphatic rings. The monoisotopic (exact) mass is 377 g/mol. The minimum atomic E-state index is 0.256. The number of thiophene rings is 1. The largest absolute Gasteiger partial charge is 0.337 e. The molecular formula is C21H35N3OS. The van der Waals surface area contributed by atoms with E-state index in [2.05, 4.69) is 41.5 Å². The molecule has 0 radical (unpaired) electrons. The van der Waals surface area contributed by atoms with Crippen LogP contribution in [0.25, 0.3) is 0 Å². The number of hydrogen-bond acceptors (Lipinski definition) is 4. The Morgan fingerprint density at radius 2 is 1.92 bits per heavy atom. The number of rotatable bonds is 7. The lowest BCUT2D eigenvalue weighted by atomic mass is 9.90. The van der Waals surface area contributed by atoms with Crippen LogP contribution in [0.1, 0.15) is 53.7 Å². The molecule has 0 bridgehead atoms. The van der Waals surface area contributed by atoms with Crippen LogP contribution in [0.3, 0.4) is 0 Å². The van der Waals surface area contributed by atoms with Crippen molar-refractivity contribution in [3.63, 3.8) is 0 Å². The van der Waals surface area contributed by atoms with Crippen molar-refractivity contribution in [1.82, 2.24) is 14.7 Å². The quantitative estimate of drug-likeness (QED) is 0.729. The number of amides is 1. The van der Waals surface area contributed by atoms with Crippen LogP contribution >= 0.6 is 11.3 Å². The smallest absolute Gasteiger partial charge is 0.263 e. The second kappa shape index (κ2) is 9.34. The molecule has 1 aromatic rings. The van der Waals surface area contributed by atoms with Crippen LogP contribution in [-0.4, -0.2) is 73.0 Å². The zero-order valence-corrected chi connectivity index (χ0v) is 17.6. The zero-order chi connectivity index (χ0) is 18.5. The Morgan fingerprint density at radius 1 is 1.19 bits per heavy atom. The van der Waals surface area contributed by atoms with E-state index < -0.39 is 0 Å². The predicted octanol–water partition coefficient (Wildman–Crippen LogP) is 3.36. The Balaban J connectivity index is 1.58. The molecule has 0 aromatic carbocycles. The summed E-state index contributed by atoms with van der Waals surface area (Å²) >= 11 is 1.75. The minimum Gasteiger partial charge on any atom is -0.337 e. The summed E-state index contributed by atoms with van der Waals surface area (Å²) in [6.45, 7) is 15.2. The first-order valence-corrected chi connectivity index (χ1v) is 11.3. The lowest BCUT2D eigenvalue weighted by Crippen LogP contribution is -2.48. The molecule has 1 amide bonds. The molecule has 2 heterocycles.